The summed E-state index contributed by atoms with van der Waals surface area (Å²) in [5.41, 5.74) is -1.83. The molecule has 0 bridgehead atoms. The Morgan fingerprint density at radius 2 is 1.92 bits per heavy atom. The van der Waals surface area contributed by atoms with E-state index in [1.54, 1.807) is 12.2 Å². The van der Waals surface area contributed by atoms with Crippen LogP contribution in [0, 0.1) is 23.2 Å². The summed E-state index contributed by atoms with van der Waals surface area (Å²) in [6.45, 7) is 7.53. The zero-order valence-corrected chi connectivity index (χ0v) is 15.3. The first kappa shape index (κ1) is 20.1. The Bertz CT molecular complexity index is 554. The van der Waals surface area contributed by atoms with Crippen molar-refractivity contribution in [1.82, 2.24) is 0 Å². The molecule has 6 heteroatoms. The highest BCUT2D eigenvalue weighted by Gasteiger charge is 2.70. The molecule has 1 saturated heterocycles. The molecule has 6 nitrogen and oxygen atoms in total. The van der Waals surface area contributed by atoms with Crippen molar-refractivity contribution in [1.29, 1.82) is 0 Å². The van der Waals surface area contributed by atoms with Crippen LogP contribution in [0.2, 0.25) is 0 Å². The molecule has 8 unspecified atom stereocenters. The summed E-state index contributed by atoms with van der Waals surface area (Å²) in [6, 6.07) is 0. The Morgan fingerprint density at radius 3 is 2.44 bits per heavy atom. The molecule has 0 amide bonds. The zero-order chi connectivity index (χ0) is 19.0. The van der Waals surface area contributed by atoms with Crippen molar-refractivity contribution in [2.45, 2.75) is 64.6 Å². The van der Waals surface area contributed by atoms with Crippen LogP contribution in [-0.2, 0) is 9.53 Å². The van der Waals surface area contributed by atoms with Gasteiger partial charge >= 0.3 is 5.97 Å². The second-order valence-electron chi connectivity index (χ2n) is 7.74. The summed E-state index contributed by atoms with van der Waals surface area (Å²) in [5, 5.41) is 41.2. The molecule has 142 valence electrons. The molecule has 0 aromatic heterocycles. The minimum absolute atomic E-state index is 0.250. The van der Waals surface area contributed by atoms with Crippen molar-refractivity contribution in [3.8, 4) is 0 Å². The maximum Gasteiger partial charge on any atom is 0.321 e. The molecule has 0 saturated carbocycles. The van der Waals surface area contributed by atoms with Crippen molar-refractivity contribution in [2.24, 2.45) is 23.2 Å². The number of hydrogen-bond acceptors (Lipinski definition) is 6. The summed E-state index contributed by atoms with van der Waals surface area (Å²) in [5.74, 6) is -2.91. The third kappa shape index (κ3) is 3.40. The molecular formula is C19H30O6. The van der Waals surface area contributed by atoms with Crippen molar-refractivity contribution in [2.75, 3.05) is 0 Å². The number of hydrogen-bond donors (Lipinski definition) is 4. The number of carbonyl (C=O) groups is 1. The van der Waals surface area contributed by atoms with Crippen LogP contribution in [-0.4, -0.2) is 50.5 Å². The standard InChI is InChI=1S/C19H30O6/c1-5-11(2)10-12(3)6-7-13-8-9-14(20)15(21)19(13)16(22)18(4,24)25-17(19)23/h6-9,11-16,20-22,24H,5,10H2,1-4H3. The highest BCUT2D eigenvalue weighted by atomic mass is 16.7. The molecule has 0 radical (unpaired) electrons. The molecule has 0 aromatic carbocycles. The quantitative estimate of drug-likeness (QED) is 0.436. The highest BCUT2D eigenvalue weighted by Crippen LogP contribution is 2.51. The maximum absolute atomic E-state index is 12.5. The van der Waals surface area contributed by atoms with Gasteiger partial charge in [0.25, 0.3) is 0 Å². The fraction of sp³-hybridized carbons (Fsp3) is 0.737. The number of aliphatic hydroxyl groups is 4. The van der Waals surface area contributed by atoms with Crippen molar-refractivity contribution < 1.29 is 30.0 Å². The Morgan fingerprint density at radius 1 is 1.28 bits per heavy atom. The van der Waals surface area contributed by atoms with Crippen LogP contribution in [0.25, 0.3) is 0 Å². The average molecular weight is 354 g/mol. The first-order valence-electron chi connectivity index (χ1n) is 8.94. The Kier molecular flexibility index (Phi) is 5.78. The van der Waals surface area contributed by atoms with Crippen molar-refractivity contribution in [3.05, 3.63) is 24.3 Å². The minimum Gasteiger partial charge on any atom is -0.430 e. The van der Waals surface area contributed by atoms with E-state index in [0.717, 1.165) is 12.8 Å². The van der Waals surface area contributed by atoms with Gasteiger partial charge in [-0.2, -0.15) is 0 Å². The van der Waals surface area contributed by atoms with Crippen LogP contribution in [0.5, 0.6) is 0 Å². The lowest BCUT2D eigenvalue weighted by Crippen LogP contribution is -2.59. The fourth-order valence-electron chi connectivity index (χ4n) is 3.88. The molecule has 4 N–H and O–H groups in total. The number of cyclic esters (lactones) is 1. The second kappa shape index (κ2) is 7.19. The highest BCUT2D eigenvalue weighted by molar-refractivity contribution is 5.83. The van der Waals surface area contributed by atoms with Gasteiger partial charge in [0.1, 0.15) is 17.6 Å². The number of allylic oxidation sites excluding steroid dienone is 3. The van der Waals surface area contributed by atoms with Crippen LogP contribution in [0.3, 0.4) is 0 Å². The largest absolute Gasteiger partial charge is 0.430 e. The van der Waals surface area contributed by atoms with E-state index >= 15 is 0 Å². The second-order valence-corrected chi connectivity index (χ2v) is 7.74. The van der Waals surface area contributed by atoms with Crippen LogP contribution < -0.4 is 0 Å². The molecule has 25 heavy (non-hydrogen) atoms. The van der Waals surface area contributed by atoms with Gasteiger partial charge in [0.2, 0.25) is 5.79 Å². The van der Waals surface area contributed by atoms with E-state index in [2.05, 4.69) is 20.8 Å². The zero-order valence-electron chi connectivity index (χ0n) is 15.3. The van der Waals surface area contributed by atoms with Gasteiger partial charge in [-0.3, -0.25) is 4.79 Å². The summed E-state index contributed by atoms with van der Waals surface area (Å²) in [6.07, 6.45) is 4.17. The van der Waals surface area contributed by atoms with Gasteiger partial charge in [0, 0.05) is 12.8 Å². The summed E-state index contributed by atoms with van der Waals surface area (Å²) >= 11 is 0. The van der Waals surface area contributed by atoms with E-state index < -0.39 is 41.4 Å². The smallest absolute Gasteiger partial charge is 0.321 e. The van der Waals surface area contributed by atoms with Gasteiger partial charge in [0.05, 0.1) is 6.10 Å². The van der Waals surface area contributed by atoms with Gasteiger partial charge < -0.3 is 25.2 Å². The molecule has 1 aliphatic heterocycles. The first-order chi connectivity index (χ1) is 11.6. The molecule has 1 fully saturated rings. The topological polar surface area (TPSA) is 107 Å². The maximum atomic E-state index is 12.5. The van der Waals surface area contributed by atoms with E-state index in [1.807, 2.05) is 6.08 Å². The monoisotopic (exact) mass is 354 g/mol. The average Bonchev–Trinajstić information content (AvgIpc) is 2.71. The lowest BCUT2D eigenvalue weighted by Gasteiger charge is -2.42. The predicted octanol–water partition coefficient (Wildman–Crippen LogP) is 1.14. The summed E-state index contributed by atoms with van der Waals surface area (Å²) < 4.78 is 4.92. The van der Waals surface area contributed by atoms with Crippen LogP contribution in [0.4, 0.5) is 0 Å². The molecule has 1 spiro atoms. The first-order valence-corrected chi connectivity index (χ1v) is 8.94. The summed E-state index contributed by atoms with van der Waals surface area (Å²) in [4.78, 5) is 12.5. The van der Waals surface area contributed by atoms with Gasteiger partial charge in [0.15, 0.2) is 0 Å². The third-order valence-electron chi connectivity index (χ3n) is 5.61. The molecule has 2 rings (SSSR count). The van der Waals surface area contributed by atoms with E-state index in [4.69, 9.17) is 4.74 Å². The van der Waals surface area contributed by atoms with Gasteiger partial charge in [-0.15, -0.1) is 0 Å². The molecule has 0 aromatic rings. The number of rotatable bonds is 5. The fourth-order valence-corrected chi connectivity index (χ4v) is 3.88. The molecule has 1 aliphatic carbocycles. The van der Waals surface area contributed by atoms with Gasteiger partial charge in [-0.05, 0) is 18.3 Å². The SMILES string of the molecule is CCC(C)CC(C)C=CC1C=CC(O)C(O)C12C(=O)OC(C)(O)C2O. The normalized spacial score (nSPS) is 43.6. The van der Waals surface area contributed by atoms with E-state index in [-0.39, 0.29) is 5.92 Å². The number of aliphatic hydroxyl groups excluding tert-OH is 3. The Labute approximate surface area is 148 Å². The van der Waals surface area contributed by atoms with E-state index in [0.29, 0.717) is 5.92 Å². The van der Waals surface area contributed by atoms with Crippen molar-refractivity contribution >= 4 is 5.97 Å². The van der Waals surface area contributed by atoms with Gasteiger partial charge in [-0.25, -0.2) is 0 Å². The minimum atomic E-state index is -2.11. The van der Waals surface area contributed by atoms with E-state index in [1.165, 1.54) is 13.0 Å². The summed E-state index contributed by atoms with van der Waals surface area (Å²) in [7, 11) is 0. The molecule has 2 aliphatic rings. The predicted molar refractivity (Wildman–Crippen MR) is 92.2 cm³/mol. The Hall–Kier alpha value is -1.21. The lowest BCUT2D eigenvalue weighted by atomic mass is 9.62. The Balaban J connectivity index is 2.35. The van der Waals surface area contributed by atoms with Crippen LogP contribution >= 0.6 is 0 Å². The molecular weight excluding hydrogens is 324 g/mol. The van der Waals surface area contributed by atoms with Gasteiger partial charge in [-0.1, -0.05) is 51.5 Å². The van der Waals surface area contributed by atoms with Crippen LogP contribution in [0.1, 0.15) is 40.5 Å². The molecule has 8 atom stereocenters. The number of carbonyl (C=O) groups excluding carboxylic acids is 1. The van der Waals surface area contributed by atoms with Crippen molar-refractivity contribution in [3.63, 3.8) is 0 Å². The third-order valence-corrected chi connectivity index (χ3v) is 5.61. The van der Waals surface area contributed by atoms with Crippen LogP contribution in [0.15, 0.2) is 24.3 Å². The van der Waals surface area contributed by atoms with E-state index in [9.17, 15) is 25.2 Å². The molecule has 1 heterocycles. The lowest BCUT2D eigenvalue weighted by molar-refractivity contribution is -0.209. The number of esters is 1. The number of ether oxygens (including phenoxy) is 1.